The lowest BCUT2D eigenvalue weighted by Crippen LogP contribution is -2.34. The molecule has 0 aliphatic carbocycles. The third kappa shape index (κ3) is 4.08. The number of halogens is 2. The van der Waals surface area contributed by atoms with Crippen LogP contribution in [0, 0.1) is 0 Å². The number of rotatable bonds is 6. The van der Waals surface area contributed by atoms with E-state index in [-0.39, 0.29) is 21.9 Å². The summed E-state index contributed by atoms with van der Waals surface area (Å²) >= 11 is 12.5. The minimum absolute atomic E-state index is 0.00874. The van der Waals surface area contributed by atoms with Crippen molar-refractivity contribution >= 4 is 44.6 Å². The number of aliphatic hydroxyl groups is 1. The van der Waals surface area contributed by atoms with Crippen LogP contribution in [-0.4, -0.2) is 26.2 Å². The Balaban J connectivity index is 2.92. The van der Waals surface area contributed by atoms with Gasteiger partial charge in [0.05, 0.1) is 4.34 Å². The molecule has 1 unspecified atom stereocenters. The largest absolute Gasteiger partial charge is 0.396 e. The van der Waals surface area contributed by atoms with Gasteiger partial charge in [0, 0.05) is 12.6 Å². The lowest BCUT2D eigenvalue weighted by Gasteiger charge is -2.15. The SMILES string of the molecule is CCC(CCO)NS(=O)(=O)c1cc(Cl)sc1Cl. The van der Waals surface area contributed by atoms with Gasteiger partial charge in [0.2, 0.25) is 10.0 Å². The fraction of sp³-hybridized carbons (Fsp3) is 0.556. The van der Waals surface area contributed by atoms with Gasteiger partial charge in [0.15, 0.2) is 0 Å². The molecule has 2 N–H and O–H groups in total. The molecule has 1 atom stereocenters. The van der Waals surface area contributed by atoms with Crippen LogP contribution in [0.5, 0.6) is 0 Å². The minimum atomic E-state index is -3.67. The van der Waals surface area contributed by atoms with E-state index in [1.54, 1.807) is 0 Å². The predicted molar refractivity (Wildman–Crippen MR) is 70.4 cm³/mol. The van der Waals surface area contributed by atoms with Crippen molar-refractivity contribution in [3.05, 3.63) is 14.7 Å². The van der Waals surface area contributed by atoms with Crippen LogP contribution in [0.25, 0.3) is 0 Å². The number of sulfonamides is 1. The lowest BCUT2D eigenvalue weighted by atomic mass is 10.2. The van der Waals surface area contributed by atoms with E-state index in [0.717, 1.165) is 11.3 Å². The van der Waals surface area contributed by atoms with Crippen molar-refractivity contribution in [1.82, 2.24) is 4.72 Å². The third-order valence-corrected chi connectivity index (χ3v) is 5.48. The molecule has 0 aliphatic rings. The Labute approximate surface area is 115 Å². The molecule has 4 nitrogen and oxygen atoms in total. The topological polar surface area (TPSA) is 66.4 Å². The average Bonchev–Trinajstić information content (AvgIpc) is 2.57. The molecule has 0 aromatic carbocycles. The van der Waals surface area contributed by atoms with E-state index in [4.69, 9.17) is 28.3 Å². The van der Waals surface area contributed by atoms with E-state index in [1.165, 1.54) is 6.07 Å². The molecule has 0 aliphatic heterocycles. The first-order valence-corrected chi connectivity index (χ1v) is 8.04. The normalized spacial score (nSPS) is 13.9. The van der Waals surface area contributed by atoms with Crippen molar-refractivity contribution in [3.8, 4) is 0 Å². The van der Waals surface area contributed by atoms with Gasteiger partial charge < -0.3 is 5.11 Å². The Morgan fingerprint density at radius 1 is 1.53 bits per heavy atom. The zero-order valence-electron chi connectivity index (χ0n) is 9.11. The van der Waals surface area contributed by atoms with Gasteiger partial charge in [0.25, 0.3) is 0 Å². The molecule has 1 heterocycles. The Hall–Kier alpha value is 0.150. The number of thiophene rings is 1. The first-order chi connectivity index (χ1) is 7.90. The Morgan fingerprint density at radius 3 is 2.59 bits per heavy atom. The summed E-state index contributed by atoms with van der Waals surface area (Å²) in [6.07, 6.45) is 0.959. The van der Waals surface area contributed by atoms with E-state index in [1.807, 2.05) is 6.92 Å². The van der Waals surface area contributed by atoms with Crippen LogP contribution < -0.4 is 4.72 Å². The highest BCUT2D eigenvalue weighted by atomic mass is 35.5. The maximum Gasteiger partial charge on any atom is 0.243 e. The van der Waals surface area contributed by atoms with E-state index >= 15 is 0 Å². The number of nitrogens with one attached hydrogen (secondary N) is 1. The molecule has 8 heteroatoms. The van der Waals surface area contributed by atoms with Gasteiger partial charge in [-0.2, -0.15) is 0 Å². The summed E-state index contributed by atoms with van der Waals surface area (Å²) < 4.78 is 26.9. The molecule has 1 aromatic rings. The van der Waals surface area contributed by atoms with Crippen molar-refractivity contribution in [3.63, 3.8) is 0 Å². The fourth-order valence-electron chi connectivity index (χ4n) is 1.29. The summed E-state index contributed by atoms with van der Waals surface area (Å²) in [5.41, 5.74) is 0. The summed E-state index contributed by atoms with van der Waals surface area (Å²) in [7, 11) is -3.67. The maximum absolute atomic E-state index is 12.0. The summed E-state index contributed by atoms with van der Waals surface area (Å²) in [5.74, 6) is 0. The molecular formula is C9H13Cl2NO3S2. The summed E-state index contributed by atoms with van der Waals surface area (Å²) in [6.45, 7) is 1.77. The highest BCUT2D eigenvalue weighted by Gasteiger charge is 2.23. The second-order valence-corrected chi connectivity index (χ2v) is 7.40. The predicted octanol–water partition coefficient (Wildman–Crippen LogP) is 2.49. The Bertz CT molecular complexity index is 473. The minimum Gasteiger partial charge on any atom is -0.396 e. The second kappa shape index (κ2) is 6.36. The van der Waals surface area contributed by atoms with Crippen molar-refractivity contribution < 1.29 is 13.5 Å². The Morgan fingerprint density at radius 2 is 2.18 bits per heavy atom. The molecule has 1 aromatic heterocycles. The van der Waals surface area contributed by atoms with E-state index in [9.17, 15) is 8.42 Å². The van der Waals surface area contributed by atoms with Crippen molar-refractivity contribution in [1.29, 1.82) is 0 Å². The lowest BCUT2D eigenvalue weighted by molar-refractivity contribution is 0.270. The highest BCUT2D eigenvalue weighted by Crippen LogP contribution is 2.34. The van der Waals surface area contributed by atoms with E-state index < -0.39 is 10.0 Å². The van der Waals surface area contributed by atoms with Gasteiger partial charge in [-0.15, -0.1) is 11.3 Å². The molecular weight excluding hydrogens is 305 g/mol. The molecule has 1 rings (SSSR count). The van der Waals surface area contributed by atoms with Crippen LogP contribution in [0.15, 0.2) is 11.0 Å². The molecule has 0 amide bonds. The van der Waals surface area contributed by atoms with Crippen molar-refractivity contribution in [2.45, 2.75) is 30.7 Å². The number of aliphatic hydroxyl groups excluding tert-OH is 1. The first-order valence-electron chi connectivity index (χ1n) is 4.98. The highest BCUT2D eigenvalue weighted by molar-refractivity contribution is 7.89. The van der Waals surface area contributed by atoms with Crippen LogP contribution in [0.1, 0.15) is 19.8 Å². The molecule has 0 saturated carbocycles. The number of hydrogen-bond donors (Lipinski definition) is 2. The van der Waals surface area contributed by atoms with Crippen LogP contribution in [-0.2, 0) is 10.0 Å². The van der Waals surface area contributed by atoms with Gasteiger partial charge in [-0.1, -0.05) is 30.1 Å². The smallest absolute Gasteiger partial charge is 0.243 e. The third-order valence-electron chi connectivity index (χ3n) is 2.21. The molecule has 0 spiro atoms. The second-order valence-electron chi connectivity index (χ2n) is 3.43. The average molecular weight is 318 g/mol. The van der Waals surface area contributed by atoms with Crippen molar-refractivity contribution in [2.24, 2.45) is 0 Å². The van der Waals surface area contributed by atoms with Gasteiger partial charge in [0.1, 0.15) is 9.23 Å². The summed E-state index contributed by atoms with van der Waals surface area (Å²) in [5, 5.41) is 8.81. The molecule has 0 bridgehead atoms. The van der Waals surface area contributed by atoms with Crippen LogP contribution in [0.3, 0.4) is 0 Å². The van der Waals surface area contributed by atoms with E-state index in [0.29, 0.717) is 17.2 Å². The molecule has 98 valence electrons. The van der Waals surface area contributed by atoms with Crippen LogP contribution in [0.2, 0.25) is 8.67 Å². The fourth-order valence-corrected chi connectivity index (χ4v) is 4.80. The van der Waals surface area contributed by atoms with Gasteiger partial charge in [-0.25, -0.2) is 13.1 Å². The van der Waals surface area contributed by atoms with Crippen LogP contribution in [0.4, 0.5) is 0 Å². The van der Waals surface area contributed by atoms with Gasteiger partial charge in [-0.3, -0.25) is 0 Å². The molecule has 0 fully saturated rings. The summed E-state index contributed by atoms with van der Waals surface area (Å²) in [4.78, 5) is -0.00874. The van der Waals surface area contributed by atoms with Crippen molar-refractivity contribution in [2.75, 3.05) is 6.61 Å². The molecule has 0 radical (unpaired) electrons. The summed E-state index contributed by atoms with van der Waals surface area (Å²) in [6, 6.07) is 1.02. The van der Waals surface area contributed by atoms with Gasteiger partial charge >= 0.3 is 0 Å². The van der Waals surface area contributed by atoms with Gasteiger partial charge in [-0.05, 0) is 18.9 Å². The quantitative estimate of drug-likeness (QED) is 0.847. The zero-order valence-corrected chi connectivity index (χ0v) is 12.3. The molecule has 17 heavy (non-hydrogen) atoms. The standard InChI is InChI=1S/C9H13Cl2NO3S2/c1-2-6(3-4-13)12-17(14,15)7-5-8(10)16-9(7)11/h5-6,12-13H,2-4H2,1H3. The van der Waals surface area contributed by atoms with E-state index in [2.05, 4.69) is 4.72 Å². The van der Waals surface area contributed by atoms with Crippen LogP contribution >= 0.6 is 34.5 Å². The maximum atomic E-state index is 12.0. The Kier molecular flexibility index (Phi) is 5.69. The zero-order chi connectivity index (χ0) is 13.1. The molecule has 0 saturated heterocycles. The first kappa shape index (κ1) is 15.2. The number of hydrogen-bond acceptors (Lipinski definition) is 4. The monoisotopic (exact) mass is 317 g/mol.